The predicted molar refractivity (Wildman–Crippen MR) is 81.5 cm³/mol. The number of carbonyl (C=O) groups excluding carboxylic acids is 1. The van der Waals surface area contributed by atoms with Crippen LogP contribution >= 0.6 is 0 Å². The minimum Gasteiger partial charge on any atom is -0.488 e. The highest BCUT2D eigenvalue weighted by Gasteiger charge is 2.27. The van der Waals surface area contributed by atoms with Gasteiger partial charge < -0.3 is 14.7 Å². The number of carbonyl (C=O) groups is 2. The number of ether oxygens (including phenoxy) is 1. The molecule has 1 aromatic rings. The maximum atomic E-state index is 12.6. The first kappa shape index (κ1) is 14.6. The topological polar surface area (TPSA) is 66.8 Å². The van der Waals surface area contributed by atoms with Gasteiger partial charge in [0.15, 0.2) is 0 Å². The number of likely N-dealkylation sites (tertiary alicyclic amines) is 1. The van der Waals surface area contributed by atoms with Crippen LogP contribution in [-0.4, -0.2) is 41.6 Å². The molecule has 22 heavy (non-hydrogen) atoms. The number of piperidine rings is 1. The van der Waals surface area contributed by atoms with Crippen molar-refractivity contribution in [3.05, 3.63) is 35.4 Å². The Bertz CT molecular complexity index is 615. The molecule has 2 aliphatic heterocycles. The van der Waals surface area contributed by atoms with Crippen molar-refractivity contribution in [1.29, 1.82) is 0 Å². The van der Waals surface area contributed by atoms with Gasteiger partial charge in [-0.05, 0) is 30.9 Å². The molecule has 0 aliphatic carbocycles. The van der Waals surface area contributed by atoms with Gasteiger partial charge in [-0.2, -0.15) is 0 Å². The van der Waals surface area contributed by atoms with Gasteiger partial charge in [0.1, 0.15) is 12.4 Å². The quantitative estimate of drug-likeness (QED) is 0.929. The smallest absolute Gasteiger partial charge is 0.303 e. The lowest BCUT2D eigenvalue weighted by atomic mass is 9.93. The van der Waals surface area contributed by atoms with E-state index in [0.717, 1.165) is 24.2 Å². The van der Waals surface area contributed by atoms with Crippen molar-refractivity contribution in [2.75, 3.05) is 19.7 Å². The van der Waals surface area contributed by atoms with Crippen LogP contribution in [-0.2, 0) is 9.59 Å². The van der Waals surface area contributed by atoms with Crippen LogP contribution in [0.4, 0.5) is 0 Å². The second-order valence-corrected chi connectivity index (χ2v) is 5.83. The Labute approximate surface area is 129 Å². The Kier molecular flexibility index (Phi) is 4.13. The number of fused-ring (bicyclic) bond motifs is 1. The number of carboxylic acid groups (broad SMARTS) is 1. The van der Waals surface area contributed by atoms with E-state index in [2.05, 4.69) is 0 Å². The van der Waals surface area contributed by atoms with E-state index in [1.165, 1.54) is 0 Å². The van der Waals surface area contributed by atoms with E-state index in [1.54, 1.807) is 0 Å². The van der Waals surface area contributed by atoms with Crippen LogP contribution < -0.4 is 4.74 Å². The fourth-order valence-corrected chi connectivity index (χ4v) is 3.03. The van der Waals surface area contributed by atoms with Crippen molar-refractivity contribution in [2.45, 2.75) is 19.3 Å². The second-order valence-electron chi connectivity index (χ2n) is 5.83. The van der Waals surface area contributed by atoms with Crippen LogP contribution in [0.2, 0.25) is 0 Å². The van der Waals surface area contributed by atoms with Crippen molar-refractivity contribution < 1.29 is 19.4 Å². The number of nitrogens with zero attached hydrogens (tertiary/aromatic N) is 1. The molecule has 116 valence electrons. The first-order valence-electron chi connectivity index (χ1n) is 7.57. The monoisotopic (exact) mass is 301 g/mol. The third-order valence-electron chi connectivity index (χ3n) is 4.27. The fourth-order valence-electron chi connectivity index (χ4n) is 3.03. The summed E-state index contributed by atoms with van der Waals surface area (Å²) >= 11 is 0. The highest BCUT2D eigenvalue weighted by atomic mass is 16.5. The minimum atomic E-state index is -0.759. The minimum absolute atomic E-state index is 0.00304. The Morgan fingerprint density at radius 3 is 2.68 bits per heavy atom. The van der Waals surface area contributed by atoms with Crippen LogP contribution in [0.25, 0.3) is 6.08 Å². The second kappa shape index (κ2) is 6.22. The Morgan fingerprint density at radius 2 is 1.95 bits per heavy atom. The predicted octanol–water partition coefficient (Wildman–Crippen LogP) is 2.18. The molecule has 0 bridgehead atoms. The standard InChI is InChI=1S/C17H19NO4/c19-16(20)9-12-5-7-18(8-6-12)17(21)14-10-13-3-1-2-4-15(13)22-11-14/h1-4,10,12H,5-9,11H2,(H,19,20). The maximum Gasteiger partial charge on any atom is 0.303 e. The molecule has 1 amide bonds. The van der Waals surface area contributed by atoms with Crippen molar-refractivity contribution >= 4 is 18.0 Å². The average molecular weight is 301 g/mol. The molecule has 2 heterocycles. The number of carboxylic acids is 1. The summed E-state index contributed by atoms with van der Waals surface area (Å²) in [7, 11) is 0. The van der Waals surface area contributed by atoms with Crippen LogP contribution in [0.5, 0.6) is 5.75 Å². The first-order valence-corrected chi connectivity index (χ1v) is 7.57. The lowest BCUT2D eigenvalue weighted by Crippen LogP contribution is -2.40. The molecule has 3 rings (SSSR count). The number of hydrogen-bond acceptors (Lipinski definition) is 3. The van der Waals surface area contributed by atoms with Crippen LogP contribution in [0.15, 0.2) is 29.8 Å². The summed E-state index contributed by atoms with van der Waals surface area (Å²) in [5.74, 6) is 0.228. The number of aliphatic carboxylic acids is 1. The zero-order valence-corrected chi connectivity index (χ0v) is 12.3. The lowest BCUT2D eigenvalue weighted by molar-refractivity contribution is -0.138. The van der Waals surface area contributed by atoms with Gasteiger partial charge in [0.25, 0.3) is 5.91 Å². The summed E-state index contributed by atoms with van der Waals surface area (Å²) < 4.78 is 5.63. The van der Waals surface area contributed by atoms with E-state index in [1.807, 2.05) is 35.2 Å². The number of rotatable bonds is 3. The van der Waals surface area contributed by atoms with E-state index >= 15 is 0 Å². The summed E-state index contributed by atoms with van der Waals surface area (Å²) in [5.41, 5.74) is 1.59. The van der Waals surface area contributed by atoms with Gasteiger partial charge in [0.2, 0.25) is 0 Å². The summed E-state index contributed by atoms with van der Waals surface area (Å²) in [6.45, 7) is 1.54. The van der Waals surface area contributed by atoms with Crippen LogP contribution in [0.1, 0.15) is 24.8 Å². The Hall–Kier alpha value is -2.30. The van der Waals surface area contributed by atoms with Gasteiger partial charge in [-0.25, -0.2) is 0 Å². The molecule has 1 saturated heterocycles. The zero-order valence-electron chi connectivity index (χ0n) is 12.3. The molecule has 0 spiro atoms. The van der Waals surface area contributed by atoms with Crippen molar-refractivity contribution in [3.8, 4) is 5.75 Å². The third kappa shape index (κ3) is 3.13. The molecule has 0 atom stereocenters. The van der Waals surface area contributed by atoms with Gasteiger partial charge >= 0.3 is 5.97 Å². The molecule has 2 aliphatic rings. The van der Waals surface area contributed by atoms with Gasteiger partial charge in [0, 0.05) is 25.1 Å². The molecule has 1 N–H and O–H groups in total. The average Bonchev–Trinajstić information content (AvgIpc) is 2.54. The number of amides is 1. The number of benzene rings is 1. The molecule has 0 aromatic heterocycles. The van der Waals surface area contributed by atoms with E-state index in [4.69, 9.17) is 9.84 Å². The van der Waals surface area contributed by atoms with E-state index < -0.39 is 5.97 Å². The molecule has 0 unspecified atom stereocenters. The first-order chi connectivity index (χ1) is 10.6. The summed E-state index contributed by atoms with van der Waals surface area (Å²) in [6, 6.07) is 7.65. The van der Waals surface area contributed by atoms with Crippen molar-refractivity contribution in [3.63, 3.8) is 0 Å². The molecular formula is C17H19NO4. The van der Waals surface area contributed by atoms with E-state index in [-0.39, 0.29) is 18.2 Å². The van der Waals surface area contributed by atoms with Gasteiger partial charge in [-0.15, -0.1) is 0 Å². The summed E-state index contributed by atoms with van der Waals surface area (Å²) in [5, 5.41) is 8.83. The largest absolute Gasteiger partial charge is 0.488 e. The molecule has 1 aromatic carbocycles. The highest BCUT2D eigenvalue weighted by Crippen LogP contribution is 2.28. The molecule has 0 saturated carbocycles. The lowest BCUT2D eigenvalue weighted by Gasteiger charge is -2.32. The normalized spacial score (nSPS) is 18.2. The number of para-hydroxylation sites is 1. The van der Waals surface area contributed by atoms with Crippen LogP contribution in [0.3, 0.4) is 0 Å². The van der Waals surface area contributed by atoms with E-state index in [9.17, 15) is 9.59 Å². The molecule has 1 fully saturated rings. The summed E-state index contributed by atoms with van der Waals surface area (Å²) in [6.07, 6.45) is 3.59. The SMILES string of the molecule is O=C(O)CC1CCN(C(=O)C2=Cc3ccccc3OC2)CC1. The maximum absolute atomic E-state index is 12.6. The Balaban J connectivity index is 1.64. The van der Waals surface area contributed by atoms with E-state index in [0.29, 0.717) is 25.3 Å². The van der Waals surface area contributed by atoms with Gasteiger partial charge in [-0.3, -0.25) is 9.59 Å². The molecular weight excluding hydrogens is 282 g/mol. The number of hydrogen-bond donors (Lipinski definition) is 1. The van der Waals surface area contributed by atoms with Gasteiger partial charge in [0.05, 0.1) is 5.57 Å². The van der Waals surface area contributed by atoms with Crippen LogP contribution in [0, 0.1) is 5.92 Å². The Morgan fingerprint density at radius 1 is 1.23 bits per heavy atom. The van der Waals surface area contributed by atoms with Gasteiger partial charge in [-0.1, -0.05) is 18.2 Å². The molecule has 5 heteroatoms. The van der Waals surface area contributed by atoms with Crippen molar-refractivity contribution in [2.24, 2.45) is 5.92 Å². The highest BCUT2D eigenvalue weighted by molar-refractivity contribution is 5.99. The summed E-state index contributed by atoms with van der Waals surface area (Å²) in [4.78, 5) is 25.1. The molecule has 5 nitrogen and oxygen atoms in total. The fraction of sp³-hybridized carbons (Fsp3) is 0.412. The zero-order chi connectivity index (χ0) is 15.5. The van der Waals surface area contributed by atoms with Crippen molar-refractivity contribution in [1.82, 2.24) is 4.90 Å². The molecule has 0 radical (unpaired) electrons. The third-order valence-corrected chi connectivity index (χ3v) is 4.27.